The molecule has 0 saturated carbocycles. The Morgan fingerprint density at radius 3 is 2.27 bits per heavy atom. The molecule has 0 radical (unpaired) electrons. The van der Waals surface area contributed by atoms with Gasteiger partial charge in [0.2, 0.25) is 5.91 Å². The zero-order chi connectivity index (χ0) is 27.8. The summed E-state index contributed by atoms with van der Waals surface area (Å²) in [6, 6.07) is 14.3. The fraction of sp³-hybridized carbons (Fsp3) is 0.387. The van der Waals surface area contributed by atoms with Crippen molar-refractivity contribution in [2.24, 2.45) is 0 Å². The molecule has 40 heavy (non-hydrogen) atoms. The van der Waals surface area contributed by atoms with Gasteiger partial charge in [0.05, 0.1) is 31.4 Å². The third kappa shape index (κ3) is 4.39. The number of ether oxygens (including phenoxy) is 2. The van der Waals surface area contributed by atoms with Crippen molar-refractivity contribution in [3.05, 3.63) is 82.8 Å². The van der Waals surface area contributed by atoms with Crippen molar-refractivity contribution in [3.63, 3.8) is 0 Å². The number of fused-ring (bicyclic) bond motifs is 4. The molecule has 3 amide bonds. The molecular weight excluding hydrogens is 510 g/mol. The molecule has 3 aromatic rings. The zero-order valence-electron chi connectivity index (χ0n) is 22.8. The highest BCUT2D eigenvalue weighted by Gasteiger charge is 2.48. The van der Waals surface area contributed by atoms with Gasteiger partial charge < -0.3 is 28.6 Å². The van der Waals surface area contributed by atoms with Gasteiger partial charge in [-0.15, -0.1) is 0 Å². The minimum atomic E-state index is -0.576. The van der Waals surface area contributed by atoms with E-state index in [0.29, 0.717) is 75.2 Å². The summed E-state index contributed by atoms with van der Waals surface area (Å²) in [4.78, 5) is 46.3. The van der Waals surface area contributed by atoms with Gasteiger partial charge in [-0.2, -0.15) is 0 Å². The Hall–Kier alpha value is -4.27. The third-order valence-corrected chi connectivity index (χ3v) is 8.06. The van der Waals surface area contributed by atoms with Gasteiger partial charge in [0.1, 0.15) is 0 Å². The number of carbonyl (C=O) groups is 3. The van der Waals surface area contributed by atoms with Crippen LogP contribution in [0, 0.1) is 0 Å². The number of piperazine rings is 1. The third-order valence-electron chi connectivity index (χ3n) is 8.06. The molecule has 2 atom stereocenters. The summed E-state index contributed by atoms with van der Waals surface area (Å²) in [7, 11) is 0. The minimum Gasteiger partial charge on any atom is -0.490 e. The maximum absolute atomic E-state index is 14.4. The van der Waals surface area contributed by atoms with E-state index in [1.54, 1.807) is 17.0 Å². The molecule has 4 heterocycles. The van der Waals surface area contributed by atoms with Gasteiger partial charge >= 0.3 is 0 Å². The molecule has 6 rings (SSSR count). The Morgan fingerprint density at radius 2 is 1.57 bits per heavy atom. The van der Waals surface area contributed by atoms with E-state index < -0.39 is 12.0 Å². The van der Waals surface area contributed by atoms with Crippen LogP contribution in [0.2, 0.25) is 0 Å². The molecule has 0 aliphatic carbocycles. The smallest absolute Gasteiger partial charge is 0.289 e. The van der Waals surface area contributed by atoms with Crippen molar-refractivity contribution >= 4 is 17.7 Å². The van der Waals surface area contributed by atoms with Gasteiger partial charge in [-0.25, -0.2) is 0 Å². The van der Waals surface area contributed by atoms with E-state index >= 15 is 0 Å². The molecule has 1 aromatic heterocycles. The quantitative estimate of drug-likeness (QED) is 0.468. The Labute approximate surface area is 233 Å². The summed E-state index contributed by atoms with van der Waals surface area (Å²) in [5.41, 5.74) is 3.30. The van der Waals surface area contributed by atoms with E-state index in [-0.39, 0.29) is 17.7 Å². The number of carbonyl (C=O) groups excluding carboxylic acids is 3. The van der Waals surface area contributed by atoms with Gasteiger partial charge in [-0.05, 0) is 67.3 Å². The molecule has 3 aliphatic heterocycles. The highest BCUT2D eigenvalue weighted by atomic mass is 16.5. The summed E-state index contributed by atoms with van der Waals surface area (Å²) in [5, 5.41) is 0. The predicted molar refractivity (Wildman–Crippen MR) is 147 cm³/mol. The number of furan rings is 1. The first-order chi connectivity index (χ1) is 19.5. The van der Waals surface area contributed by atoms with Crippen LogP contribution in [0.25, 0.3) is 0 Å². The molecule has 1 fully saturated rings. The summed E-state index contributed by atoms with van der Waals surface area (Å²) in [6.07, 6.45) is 2.15. The topological polar surface area (TPSA) is 92.5 Å². The molecule has 0 bridgehead atoms. The van der Waals surface area contributed by atoms with Gasteiger partial charge in [-0.3, -0.25) is 14.4 Å². The first-order valence-electron chi connectivity index (χ1n) is 14.0. The number of amides is 3. The average molecular weight is 544 g/mol. The van der Waals surface area contributed by atoms with E-state index in [9.17, 15) is 14.4 Å². The van der Waals surface area contributed by atoms with Gasteiger partial charge in [0.25, 0.3) is 11.8 Å². The summed E-state index contributed by atoms with van der Waals surface area (Å²) < 4.78 is 17.1. The molecule has 9 heteroatoms. The van der Waals surface area contributed by atoms with Crippen molar-refractivity contribution in [1.82, 2.24) is 14.7 Å². The second kappa shape index (κ2) is 10.7. The lowest BCUT2D eigenvalue weighted by Crippen LogP contribution is -2.55. The largest absolute Gasteiger partial charge is 0.490 e. The fourth-order valence-electron chi connectivity index (χ4n) is 6.22. The van der Waals surface area contributed by atoms with E-state index in [0.717, 1.165) is 16.7 Å². The van der Waals surface area contributed by atoms with Crippen molar-refractivity contribution < 1.29 is 28.3 Å². The highest BCUT2D eigenvalue weighted by Crippen LogP contribution is 2.49. The number of benzene rings is 2. The van der Waals surface area contributed by atoms with E-state index in [1.807, 2.05) is 60.0 Å². The average Bonchev–Trinajstić information content (AvgIpc) is 3.53. The highest BCUT2D eigenvalue weighted by molar-refractivity contribution is 6.01. The lowest BCUT2D eigenvalue weighted by atomic mass is 9.75. The van der Waals surface area contributed by atoms with Crippen LogP contribution in [0.5, 0.6) is 11.5 Å². The second-order valence-corrected chi connectivity index (χ2v) is 10.2. The number of hydrogen-bond acceptors (Lipinski definition) is 6. The normalized spacial score (nSPS) is 19.9. The fourth-order valence-corrected chi connectivity index (χ4v) is 6.22. The minimum absolute atomic E-state index is 0.0419. The zero-order valence-corrected chi connectivity index (χ0v) is 22.8. The molecule has 208 valence electrons. The van der Waals surface area contributed by atoms with E-state index in [4.69, 9.17) is 13.9 Å². The van der Waals surface area contributed by atoms with Crippen molar-refractivity contribution in [2.75, 3.05) is 45.9 Å². The standard InChI is InChI=1S/C31H33N3O6/c1-3-38-25-18-20-11-12-34-28(23(20)19-26(25)39-4-2)27(21-8-5-6-9-22(21)29(34)35)31(37)33-15-13-32(14-16-33)30(36)24-10-7-17-40-24/h5-10,17-19,27-28H,3-4,11-16H2,1-2H3/t27-,28-/m0/s1. The molecule has 3 aliphatic rings. The van der Waals surface area contributed by atoms with Crippen LogP contribution in [0.4, 0.5) is 0 Å². The van der Waals surface area contributed by atoms with Crippen LogP contribution in [-0.2, 0) is 11.2 Å². The van der Waals surface area contributed by atoms with Gasteiger partial charge in [-0.1, -0.05) is 18.2 Å². The maximum atomic E-state index is 14.4. The SMILES string of the molecule is CCOc1cc2c(cc1OCC)[C@H]1[C@@H](C(=O)N3CCN(C(=O)c4ccco4)CC3)c3ccccc3C(=O)N1CC2. The van der Waals surface area contributed by atoms with Crippen LogP contribution < -0.4 is 9.47 Å². The Balaban J connectivity index is 1.35. The molecule has 0 spiro atoms. The predicted octanol–water partition coefficient (Wildman–Crippen LogP) is 3.90. The second-order valence-electron chi connectivity index (χ2n) is 10.2. The summed E-state index contributed by atoms with van der Waals surface area (Å²) >= 11 is 0. The first-order valence-corrected chi connectivity index (χ1v) is 14.0. The van der Waals surface area contributed by atoms with Crippen LogP contribution in [0.1, 0.15) is 63.4 Å². The van der Waals surface area contributed by atoms with Crippen LogP contribution in [-0.4, -0.2) is 78.4 Å². The van der Waals surface area contributed by atoms with Crippen molar-refractivity contribution in [2.45, 2.75) is 32.2 Å². The van der Waals surface area contributed by atoms with Gasteiger partial charge in [0.15, 0.2) is 17.3 Å². The summed E-state index contributed by atoms with van der Waals surface area (Å²) in [5.74, 6) is 0.743. The number of nitrogens with zero attached hydrogens (tertiary/aromatic N) is 3. The van der Waals surface area contributed by atoms with Crippen LogP contribution in [0.15, 0.2) is 59.2 Å². The Morgan fingerprint density at radius 1 is 0.875 bits per heavy atom. The van der Waals surface area contributed by atoms with Crippen LogP contribution in [0.3, 0.4) is 0 Å². The van der Waals surface area contributed by atoms with Crippen molar-refractivity contribution in [3.8, 4) is 11.5 Å². The lowest BCUT2D eigenvalue weighted by Gasteiger charge is -2.47. The van der Waals surface area contributed by atoms with E-state index in [1.165, 1.54) is 6.26 Å². The summed E-state index contributed by atoms with van der Waals surface area (Å²) in [6.45, 7) is 6.99. The molecule has 2 aromatic carbocycles. The Bertz CT molecular complexity index is 1430. The molecular formula is C31H33N3O6. The van der Waals surface area contributed by atoms with Gasteiger partial charge in [0, 0.05) is 38.3 Å². The molecule has 0 unspecified atom stereocenters. The molecule has 9 nitrogen and oxygen atoms in total. The monoisotopic (exact) mass is 543 g/mol. The van der Waals surface area contributed by atoms with Crippen LogP contribution >= 0.6 is 0 Å². The maximum Gasteiger partial charge on any atom is 0.289 e. The number of hydrogen-bond donors (Lipinski definition) is 0. The van der Waals surface area contributed by atoms with E-state index in [2.05, 4.69) is 0 Å². The lowest BCUT2D eigenvalue weighted by molar-refractivity contribution is -0.136. The van der Waals surface area contributed by atoms with Crippen molar-refractivity contribution in [1.29, 1.82) is 0 Å². The molecule has 0 N–H and O–H groups in total. The first kappa shape index (κ1) is 26.0. The Kier molecular flexibility index (Phi) is 6.96. The number of rotatable bonds is 6. The molecule has 1 saturated heterocycles.